The largest absolute Gasteiger partial charge is 0.339 e. The lowest BCUT2D eigenvalue weighted by molar-refractivity contribution is 0.0725. The fraction of sp³-hybridized carbons (Fsp3) is 0.562. The van der Waals surface area contributed by atoms with Crippen LogP contribution in [0.2, 0.25) is 0 Å². The van der Waals surface area contributed by atoms with Crippen LogP contribution in [0.15, 0.2) is 18.2 Å². The van der Waals surface area contributed by atoms with E-state index in [0.717, 1.165) is 35.3 Å². The van der Waals surface area contributed by atoms with Gasteiger partial charge in [0.1, 0.15) is 0 Å². The number of amides is 1. The molecule has 1 aromatic rings. The third-order valence-corrected chi connectivity index (χ3v) is 5.46. The van der Waals surface area contributed by atoms with E-state index in [-0.39, 0.29) is 5.91 Å². The Balaban J connectivity index is 2.10. The van der Waals surface area contributed by atoms with Crippen molar-refractivity contribution in [2.75, 3.05) is 26.2 Å². The van der Waals surface area contributed by atoms with Gasteiger partial charge in [-0.1, -0.05) is 12.1 Å². The Hall–Kier alpha value is -0.620. The fourth-order valence-electron chi connectivity index (χ4n) is 2.71. The number of rotatable bonds is 4. The van der Waals surface area contributed by atoms with Crippen LogP contribution < -0.4 is 5.32 Å². The van der Waals surface area contributed by atoms with E-state index in [1.54, 1.807) is 0 Å². The molecule has 1 aromatic carbocycles. The molecule has 0 aliphatic carbocycles. The van der Waals surface area contributed by atoms with Gasteiger partial charge in [-0.15, -0.1) is 0 Å². The summed E-state index contributed by atoms with van der Waals surface area (Å²) in [6, 6.07) is 5.98. The second-order valence-electron chi connectivity index (χ2n) is 5.47. The summed E-state index contributed by atoms with van der Waals surface area (Å²) >= 11 is 2.28. The van der Waals surface area contributed by atoms with Crippen LogP contribution in [0.3, 0.4) is 0 Å². The number of carbonyl (C=O) groups excluding carboxylic acids is 1. The molecule has 1 N–H and O–H groups in total. The van der Waals surface area contributed by atoms with E-state index in [2.05, 4.69) is 47.8 Å². The van der Waals surface area contributed by atoms with Gasteiger partial charge >= 0.3 is 0 Å². The number of carbonyl (C=O) groups is 1. The first-order valence-electron chi connectivity index (χ1n) is 7.38. The summed E-state index contributed by atoms with van der Waals surface area (Å²) in [4.78, 5) is 14.7. The number of benzene rings is 1. The molecule has 0 saturated carbocycles. The standard InChI is InChI=1S/C16H23IN2O/c1-3-19(11-13-7-9-18-10-8-13)16(20)14-6-4-5-12(2)15(14)17/h4-6,13,18H,3,7-11H2,1-2H3. The Morgan fingerprint density at radius 3 is 2.75 bits per heavy atom. The van der Waals surface area contributed by atoms with E-state index in [1.165, 1.54) is 18.4 Å². The van der Waals surface area contributed by atoms with Gasteiger partial charge in [0.2, 0.25) is 0 Å². The molecule has 1 fully saturated rings. The third kappa shape index (κ3) is 3.73. The highest BCUT2D eigenvalue weighted by Crippen LogP contribution is 2.20. The highest BCUT2D eigenvalue weighted by Gasteiger charge is 2.22. The summed E-state index contributed by atoms with van der Waals surface area (Å²) in [6.07, 6.45) is 2.35. The molecular weight excluding hydrogens is 363 g/mol. The first-order valence-corrected chi connectivity index (χ1v) is 8.46. The van der Waals surface area contributed by atoms with Gasteiger partial charge in [0, 0.05) is 16.7 Å². The van der Waals surface area contributed by atoms with Crippen LogP contribution in [0.25, 0.3) is 0 Å². The van der Waals surface area contributed by atoms with Crippen molar-refractivity contribution in [3.63, 3.8) is 0 Å². The molecule has 0 bridgehead atoms. The number of halogens is 1. The van der Waals surface area contributed by atoms with Crippen LogP contribution in [0.4, 0.5) is 0 Å². The van der Waals surface area contributed by atoms with Gasteiger partial charge in [-0.05, 0) is 79.9 Å². The third-order valence-electron chi connectivity index (χ3n) is 4.03. The highest BCUT2D eigenvalue weighted by atomic mass is 127. The SMILES string of the molecule is CCN(CC1CCNCC1)C(=O)c1cccc(C)c1I. The predicted octanol–water partition coefficient (Wildman–Crippen LogP) is 3.06. The number of piperidine rings is 1. The molecule has 1 amide bonds. The molecule has 1 aliphatic heterocycles. The fourth-order valence-corrected chi connectivity index (χ4v) is 3.30. The van der Waals surface area contributed by atoms with Crippen molar-refractivity contribution in [1.29, 1.82) is 0 Å². The first kappa shape index (κ1) is 15.8. The lowest BCUT2D eigenvalue weighted by Crippen LogP contribution is -2.39. The van der Waals surface area contributed by atoms with Crippen molar-refractivity contribution in [3.05, 3.63) is 32.9 Å². The van der Waals surface area contributed by atoms with E-state index in [9.17, 15) is 4.79 Å². The number of hydrogen-bond donors (Lipinski definition) is 1. The highest BCUT2D eigenvalue weighted by molar-refractivity contribution is 14.1. The molecule has 0 aromatic heterocycles. The number of nitrogens with one attached hydrogen (secondary N) is 1. The Morgan fingerprint density at radius 2 is 2.10 bits per heavy atom. The lowest BCUT2D eigenvalue weighted by atomic mass is 9.97. The molecule has 1 saturated heterocycles. The molecule has 0 unspecified atom stereocenters. The van der Waals surface area contributed by atoms with Crippen molar-refractivity contribution < 1.29 is 4.79 Å². The van der Waals surface area contributed by atoms with Gasteiger partial charge in [-0.3, -0.25) is 4.79 Å². The van der Waals surface area contributed by atoms with Gasteiger partial charge in [0.15, 0.2) is 0 Å². The minimum absolute atomic E-state index is 0.180. The molecule has 3 nitrogen and oxygen atoms in total. The topological polar surface area (TPSA) is 32.3 Å². The summed E-state index contributed by atoms with van der Waals surface area (Å²) in [7, 11) is 0. The second kappa shape index (κ2) is 7.41. The van der Waals surface area contributed by atoms with E-state index in [4.69, 9.17) is 0 Å². The minimum atomic E-state index is 0.180. The van der Waals surface area contributed by atoms with E-state index >= 15 is 0 Å². The molecular formula is C16H23IN2O. The smallest absolute Gasteiger partial charge is 0.254 e. The van der Waals surface area contributed by atoms with Gasteiger partial charge in [0.05, 0.1) is 5.56 Å². The van der Waals surface area contributed by atoms with Crippen LogP contribution in [0.5, 0.6) is 0 Å². The van der Waals surface area contributed by atoms with Gasteiger partial charge in [-0.2, -0.15) is 0 Å². The van der Waals surface area contributed by atoms with Crippen molar-refractivity contribution in [2.24, 2.45) is 5.92 Å². The normalized spacial score (nSPS) is 16.1. The van der Waals surface area contributed by atoms with Crippen LogP contribution >= 0.6 is 22.6 Å². The van der Waals surface area contributed by atoms with E-state index < -0.39 is 0 Å². The maximum Gasteiger partial charge on any atom is 0.254 e. The number of nitrogens with zero attached hydrogens (tertiary/aromatic N) is 1. The molecule has 0 spiro atoms. The zero-order valence-corrected chi connectivity index (χ0v) is 14.4. The Morgan fingerprint density at radius 1 is 1.40 bits per heavy atom. The van der Waals surface area contributed by atoms with E-state index in [0.29, 0.717) is 5.92 Å². The summed E-state index contributed by atoms with van der Waals surface area (Å²) in [6.45, 7) is 7.97. The van der Waals surface area contributed by atoms with Crippen molar-refractivity contribution in [2.45, 2.75) is 26.7 Å². The van der Waals surface area contributed by atoms with Crippen molar-refractivity contribution in [3.8, 4) is 0 Å². The summed E-state index contributed by atoms with van der Waals surface area (Å²) in [5, 5.41) is 3.38. The molecule has 4 heteroatoms. The number of hydrogen-bond acceptors (Lipinski definition) is 2. The summed E-state index contributed by atoms with van der Waals surface area (Å²) in [5.41, 5.74) is 2.02. The Kier molecular flexibility index (Phi) is 5.84. The van der Waals surface area contributed by atoms with Gasteiger partial charge in [0.25, 0.3) is 5.91 Å². The van der Waals surface area contributed by atoms with Crippen molar-refractivity contribution >= 4 is 28.5 Å². The second-order valence-corrected chi connectivity index (χ2v) is 6.55. The zero-order valence-electron chi connectivity index (χ0n) is 12.3. The summed E-state index contributed by atoms with van der Waals surface area (Å²) in [5.74, 6) is 0.821. The monoisotopic (exact) mass is 386 g/mol. The van der Waals surface area contributed by atoms with Gasteiger partial charge in [-0.25, -0.2) is 0 Å². The molecule has 0 radical (unpaired) electrons. The van der Waals surface area contributed by atoms with E-state index in [1.807, 2.05) is 17.0 Å². The molecule has 20 heavy (non-hydrogen) atoms. The van der Waals surface area contributed by atoms with Crippen molar-refractivity contribution in [1.82, 2.24) is 10.2 Å². The molecule has 1 heterocycles. The Labute approximate surface area is 135 Å². The first-order chi connectivity index (χ1) is 9.63. The maximum atomic E-state index is 12.7. The molecule has 0 atom stereocenters. The zero-order chi connectivity index (χ0) is 14.5. The molecule has 110 valence electrons. The number of aryl methyl sites for hydroxylation is 1. The van der Waals surface area contributed by atoms with Crippen LogP contribution in [0.1, 0.15) is 35.7 Å². The summed E-state index contributed by atoms with van der Waals surface area (Å²) < 4.78 is 1.08. The van der Waals surface area contributed by atoms with Gasteiger partial charge < -0.3 is 10.2 Å². The maximum absolute atomic E-state index is 12.7. The van der Waals surface area contributed by atoms with Crippen LogP contribution in [0, 0.1) is 16.4 Å². The molecule has 2 rings (SSSR count). The Bertz CT molecular complexity index is 470. The average molecular weight is 386 g/mol. The van der Waals surface area contributed by atoms with Crippen LogP contribution in [-0.4, -0.2) is 37.0 Å². The average Bonchev–Trinajstić information content (AvgIpc) is 2.48. The lowest BCUT2D eigenvalue weighted by Gasteiger charge is -2.29. The predicted molar refractivity (Wildman–Crippen MR) is 91.1 cm³/mol. The minimum Gasteiger partial charge on any atom is -0.339 e. The van der Waals surface area contributed by atoms with Crippen LogP contribution in [-0.2, 0) is 0 Å². The quantitative estimate of drug-likeness (QED) is 0.807. The molecule has 1 aliphatic rings.